The molecule has 1 aliphatic heterocycles. The highest BCUT2D eigenvalue weighted by molar-refractivity contribution is 6.31. The summed E-state index contributed by atoms with van der Waals surface area (Å²) < 4.78 is 4.76. The lowest BCUT2D eigenvalue weighted by molar-refractivity contribution is 0.0716. The summed E-state index contributed by atoms with van der Waals surface area (Å²) in [5.74, 6) is 1.55. The first-order valence-electron chi connectivity index (χ1n) is 9.17. The van der Waals surface area contributed by atoms with Crippen LogP contribution in [0.15, 0.2) is 30.3 Å². The number of fused-ring (bicyclic) bond motifs is 1. The minimum absolute atomic E-state index is 0.199. The monoisotopic (exact) mass is 392 g/mol. The zero-order valence-electron chi connectivity index (χ0n) is 15.1. The fraction of sp³-hybridized carbons (Fsp3) is 0.474. The molecule has 1 fully saturated rings. The van der Waals surface area contributed by atoms with Crippen LogP contribution in [0, 0.1) is 5.92 Å². The number of carbonyl (C=O) groups is 1. The minimum atomic E-state index is -1.14. The molecule has 4 N–H and O–H groups in total. The molecule has 1 atom stereocenters. The standard InChI is InChI=1S/C19H25ClN4O3/c20-15-2-3-16-14(11-15)1-4-18(23-16)24-9-6-13(7-10-24)5-8-22-19(26)27-12-17(21)25/h1-4,11,13,17,25H,5-10,12,21H2,(H,22,26). The lowest BCUT2D eigenvalue weighted by Gasteiger charge is -2.33. The van der Waals surface area contributed by atoms with Gasteiger partial charge < -0.3 is 25.8 Å². The highest BCUT2D eigenvalue weighted by Crippen LogP contribution is 2.26. The molecule has 27 heavy (non-hydrogen) atoms. The summed E-state index contributed by atoms with van der Waals surface area (Å²) >= 11 is 6.03. The molecule has 1 aromatic heterocycles. The van der Waals surface area contributed by atoms with Gasteiger partial charge in [-0.1, -0.05) is 11.6 Å². The number of amides is 1. The van der Waals surface area contributed by atoms with Crippen molar-refractivity contribution in [2.45, 2.75) is 25.5 Å². The third-order valence-electron chi connectivity index (χ3n) is 4.78. The molecule has 0 spiro atoms. The topological polar surface area (TPSA) is 101 Å². The van der Waals surface area contributed by atoms with Gasteiger partial charge in [0.25, 0.3) is 0 Å². The van der Waals surface area contributed by atoms with Gasteiger partial charge in [0.1, 0.15) is 18.7 Å². The van der Waals surface area contributed by atoms with E-state index in [4.69, 9.17) is 32.2 Å². The third-order valence-corrected chi connectivity index (χ3v) is 5.02. The molecule has 146 valence electrons. The molecule has 2 heterocycles. The van der Waals surface area contributed by atoms with Crippen molar-refractivity contribution < 1.29 is 14.6 Å². The minimum Gasteiger partial charge on any atom is -0.445 e. The molecule has 1 amide bonds. The van der Waals surface area contributed by atoms with Crippen molar-refractivity contribution in [1.82, 2.24) is 10.3 Å². The molecule has 0 saturated carbocycles. The van der Waals surface area contributed by atoms with E-state index in [9.17, 15) is 4.79 Å². The molecule has 1 unspecified atom stereocenters. The number of alkyl carbamates (subject to hydrolysis) is 1. The fourth-order valence-electron chi connectivity index (χ4n) is 3.30. The first-order chi connectivity index (χ1) is 13.0. The molecule has 1 aromatic carbocycles. The van der Waals surface area contributed by atoms with Gasteiger partial charge in [-0.05, 0) is 55.5 Å². The van der Waals surface area contributed by atoms with Crippen molar-refractivity contribution in [1.29, 1.82) is 0 Å². The number of nitrogens with zero attached hydrogens (tertiary/aromatic N) is 2. The Bertz CT molecular complexity index is 779. The molecule has 2 aromatic rings. The second-order valence-corrected chi connectivity index (χ2v) is 7.25. The largest absolute Gasteiger partial charge is 0.445 e. The Labute approximate surface area is 163 Å². The number of aliphatic hydroxyl groups excluding tert-OH is 1. The zero-order chi connectivity index (χ0) is 19.2. The van der Waals surface area contributed by atoms with Gasteiger partial charge in [-0.2, -0.15) is 0 Å². The Hall–Kier alpha value is -2.09. The highest BCUT2D eigenvalue weighted by Gasteiger charge is 2.20. The number of hydrogen-bond donors (Lipinski definition) is 3. The van der Waals surface area contributed by atoms with Crippen LogP contribution in [0.25, 0.3) is 10.9 Å². The van der Waals surface area contributed by atoms with E-state index < -0.39 is 12.3 Å². The van der Waals surface area contributed by atoms with Crippen LogP contribution in [-0.2, 0) is 4.74 Å². The molecule has 3 rings (SSSR count). The average molecular weight is 393 g/mol. The Kier molecular flexibility index (Phi) is 6.71. The number of rotatable bonds is 6. The van der Waals surface area contributed by atoms with E-state index in [1.54, 1.807) is 0 Å². The van der Waals surface area contributed by atoms with Crippen molar-refractivity contribution in [3.05, 3.63) is 35.4 Å². The summed E-state index contributed by atoms with van der Waals surface area (Å²) in [5, 5.41) is 13.3. The molecule has 1 aliphatic rings. The average Bonchev–Trinajstić information content (AvgIpc) is 2.66. The Morgan fingerprint density at radius 2 is 2.15 bits per heavy atom. The molecule has 1 saturated heterocycles. The van der Waals surface area contributed by atoms with Gasteiger partial charge in [-0.25, -0.2) is 9.78 Å². The van der Waals surface area contributed by atoms with E-state index in [1.807, 2.05) is 24.3 Å². The smallest absolute Gasteiger partial charge is 0.407 e. The number of piperidine rings is 1. The fourth-order valence-corrected chi connectivity index (χ4v) is 3.48. The summed E-state index contributed by atoms with van der Waals surface area (Å²) in [5.41, 5.74) is 6.07. The number of halogens is 1. The molecule has 0 bridgehead atoms. The predicted molar refractivity (Wildman–Crippen MR) is 106 cm³/mol. The van der Waals surface area contributed by atoms with E-state index in [0.29, 0.717) is 12.5 Å². The number of hydrogen-bond acceptors (Lipinski definition) is 6. The molecule has 7 nitrogen and oxygen atoms in total. The van der Waals surface area contributed by atoms with Crippen LogP contribution < -0.4 is 16.0 Å². The van der Waals surface area contributed by atoms with Crippen LogP contribution in [-0.4, -0.2) is 48.7 Å². The van der Waals surface area contributed by atoms with Crippen molar-refractivity contribution in [2.24, 2.45) is 11.7 Å². The van der Waals surface area contributed by atoms with E-state index in [1.165, 1.54) is 0 Å². The maximum atomic E-state index is 11.4. The van der Waals surface area contributed by atoms with Gasteiger partial charge in [-0.15, -0.1) is 0 Å². The number of pyridine rings is 1. The number of nitrogens with one attached hydrogen (secondary N) is 1. The maximum absolute atomic E-state index is 11.4. The lowest BCUT2D eigenvalue weighted by Crippen LogP contribution is -2.36. The van der Waals surface area contributed by atoms with Gasteiger partial charge in [0.2, 0.25) is 0 Å². The Morgan fingerprint density at radius 3 is 2.89 bits per heavy atom. The first kappa shape index (κ1) is 19.7. The summed E-state index contributed by atoms with van der Waals surface area (Å²) in [6.45, 7) is 2.25. The summed E-state index contributed by atoms with van der Waals surface area (Å²) in [7, 11) is 0. The van der Waals surface area contributed by atoms with Crippen molar-refractivity contribution in [3.8, 4) is 0 Å². The molecule has 0 radical (unpaired) electrons. The SMILES string of the molecule is NC(O)COC(=O)NCCC1CCN(c2ccc3cc(Cl)ccc3n2)CC1. The first-order valence-corrected chi connectivity index (χ1v) is 9.54. The predicted octanol–water partition coefficient (Wildman–Crippen LogP) is 2.50. The van der Waals surface area contributed by atoms with Gasteiger partial charge in [0, 0.05) is 30.0 Å². The van der Waals surface area contributed by atoms with E-state index in [0.717, 1.165) is 54.1 Å². The maximum Gasteiger partial charge on any atom is 0.407 e. The number of nitrogens with two attached hydrogens (primary N) is 1. The zero-order valence-corrected chi connectivity index (χ0v) is 15.9. The highest BCUT2D eigenvalue weighted by atomic mass is 35.5. The van der Waals surface area contributed by atoms with E-state index in [-0.39, 0.29) is 6.61 Å². The van der Waals surface area contributed by atoms with Crippen molar-refractivity contribution >= 4 is 34.4 Å². The van der Waals surface area contributed by atoms with Crippen molar-refractivity contribution in [3.63, 3.8) is 0 Å². The molecule has 0 aliphatic carbocycles. The van der Waals surface area contributed by atoms with E-state index >= 15 is 0 Å². The number of aliphatic hydroxyl groups is 1. The van der Waals surface area contributed by atoms with Gasteiger partial charge in [0.15, 0.2) is 0 Å². The van der Waals surface area contributed by atoms with E-state index in [2.05, 4.69) is 16.3 Å². The number of ether oxygens (including phenoxy) is 1. The number of benzene rings is 1. The number of carbonyl (C=O) groups excluding carboxylic acids is 1. The third kappa shape index (κ3) is 5.69. The van der Waals surface area contributed by atoms with Crippen LogP contribution in [0.3, 0.4) is 0 Å². The molecular weight excluding hydrogens is 368 g/mol. The number of anilines is 1. The second-order valence-electron chi connectivity index (χ2n) is 6.82. The second kappa shape index (κ2) is 9.21. The normalized spacial score (nSPS) is 16.3. The van der Waals surface area contributed by atoms with Crippen LogP contribution in [0.4, 0.5) is 10.6 Å². The van der Waals surface area contributed by atoms with Crippen LogP contribution in [0.5, 0.6) is 0 Å². The quantitative estimate of drug-likeness (QED) is 0.653. The Balaban J connectivity index is 1.43. The van der Waals surface area contributed by atoms with Gasteiger partial charge in [0.05, 0.1) is 5.52 Å². The molecule has 8 heteroatoms. The summed E-state index contributed by atoms with van der Waals surface area (Å²) in [6.07, 6.45) is 1.33. The van der Waals surface area contributed by atoms with Gasteiger partial charge in [-0.3, -0.25) is 0 Å². The van der Waals surface area contributed by atoms with Crippen molar-refractivity contribution in [2.75, 3.05) is 31.1 Å². The number of aromatic nitrogens is 1. The van der Waals surface area contributed by atoms with Crippen LogP contribution in [0.1, 0.15) is 19.3 Å². The Morgan fingerprint density at radius 1 is 1.37 bits per heavy atom. The summed E-state index contributed by atoms with van der Waals surface area (Å²) in [4.78, 5) is 18.5. The van der Waals surface area contributed by atoms with Crippen LogP contribution >= 0.6 is 11.6 Å². The molecular formula is C19H25ClN4O3. The summed E-state index contributed by atoms with van der Waals surface area (Å²) in [6, 6.07) is 9.83. The van der Waals surface area contributed by atoms with Gasteiger partial charge >= 0.3 is 6.09 Å². The lowest BCUT2D eigenvalue weighted by atomic mass is 9.93. The van der Waals surface area contributed by atoms with Crippen LogP contribution in [0.2, 0.25) is 5.02 Å².